The average Bonchev–Trinajstić information content (AvgIpc) is 3.34. The van der Waals surface area contributed by atoms with Gasteiger partial charge in [0.05, 0.1) is 0 Å². The van der Waals surface area contributed by atoms with Gasteiger partial charge in [-0.05, 0) is 49.4 Å². The van der Waals surface area contributed by atoms with Crippen LogP contribution in [-0.4, -0.2) is 45.0 Å². The second-order valence-electron chi connectivity index (χ2n) is 10.8. The molecule has 0 radical (unpaired) electrons. The van der Waals surface area contributed by atoms with Crippen molar-refractivity contribution in [1.29, 1.82) is 0 Å². The van der Waals surface area contributed by atoms with E-state index in [-0.39, 0.29) is 23.8 Å². The first-order valence-electron chi connectivity index (χ1n) is 11.3. The molecule has 9 nitrogen and oxygen atoms in total. The minimum absolute atomic E-state index is 0.00546. The number of amides is 4. The Kier molecular flexibility index (Phi) is 5.34. The van der Waals surface area contributed by atoms with Gasteiger partial charge < -0.3 is 15.2 Å². The number of imide groups is 1. The molecular weight excluding hydrogens is 398 g/mol. The highest BCUT2D eigenvalue weighted by molar-refractivity contribution is 6.09. The molecule has 1 spiro atoms. The number of carbonyl (C=O) groups is 3. The monoisotopic (exact) mass is 431 g/mol. The van der Waals surface area contributed by atoms with Crippen LogP contribution in [0.4, 0.5) is 4.79 Å². The molecule has 0 bridgehead atoms. The minimum Gasteiger partial charge on any atom is -0.342 e. The summed E-state index contributed by atoms with van der Waals surface area (Å²) in [6, 6.07) is -0.976. The molecule has 3 atom stereocenters. The largest absolute Gasteiger partial charge is 0.342 e. The number of hydrogen-bond donors (Lipinski definition) is 2. The molecule has 0 aromatic carbocycles. The quantitative estimate of drug-likeness (QED) is 0.669. The molecule has 4 amide bonds. The summed E-state index contributed by atoms with van der Waals surface area (Å²) in [5, 5.41) is 9.82. The maximum atomic E-state index is 13.3. The van der Waals surface area contributed by atoms with Crippen LogP contribution in [0.15, 0.2) is 4.52 Å². The maximum absolute atomic E-state index is 13.3. The highest BCUT2D eigenvalue weighted by atomic mass is 16.5. The van der Waals surface area contributed by atoms with Crippen LogP contribution in [0.5, 0.6) is 0 Å². The Morgan fingerprint density at radius 1 is 1.29 bits per heavy atom. The van der Waals surface area contributed by atoms with Gasteiger partial charge in [0.2, 0.25) is 11.8 Å². The van der Waals surface area contributed by atoms with E-state index in [9.17, 15) is 14.4 Å². The molecule has 9 heteroatoms. The first kappa shape index (κ1) is 21.8. The van der Waals surface area contributed by atoms with Crippen LogP contribution >= 0.6 is 0 Å². The zero-order valence-corrected chi connectivity index (χ0v) is 19.0. The van der Waals surface area contributed by atoms with E-state index in [1.54, 1.807) is 0 Å². The standard InChI is InChI=1S/C22H33N5O4/c1-12(2)16(18-24-17(26-31-18)14-6-7-14)23-15(28)10-27-19(29)22(25-20(27)30)9-13(3)8-21(4,5)11-22/h12-14,16H,6-11H2,1-5H3,(H,23,28)(H,25,30). The molecule has 170 valence electrons. The molecule has 3 aliphatic rings. The van der Waals surface area contributed by atoms with Gasteiger partial charge in [0.1, 0.15) is 18.1 Å². The summed E-state index contributed by atoms with van der Waals surface area (Å²) in [6.07, 6.45) is 4.29. The molecule has 4 rings (SSSR count). The zero-order valence-electron chi connectivity index (χ0n) is 19.0. The summed E-state index contributed by atoms with van der Waals surface area (Å²) < 4.78 is 5.39. The van der Waals surface area contributed by atoms with Crippen molar-refractivity contribution in [3.63, 3.8) is 0 Å². The molecule has 2 saturated carbocycles. The SMILES string of the molecule is CC1CC(C)(C)CC2(C1)NC(=O)N(CC(=O)NC(c1nc(C3CC3)no1)C(C)C)C2=O. The number of carbonyl (C=O) groups excluding carboxylic acids is 3. The Morgan fingerprint density at radius 3 is 2.61 bits per heavy atom. The van der Waals surface area contributed by atoms with E-state index in [1.165, 1.54) is 0 Å². The molecule has 1 aromatic rings. The first-order chi connectivity index (χ1) is 14.5. The van der Waals surface area contributed by atoms with E-state index in [0.717, 1.165) is 24.2 Å². The minimum atomic E-state index is -0.915. The lowest BCUT2D eigenvalue weighted by molar-refractivity contribution is -0.137. The zero-order chi connectivity index (χ0) is 22.6. The van der Waals surface area contributed by atoms with E-state index in [4.69, 9.17) is 4.52 Å². The highest BCUT2D eigenvalue weighted by Gasteiger charge is 2.56. The van der Waals surface area contributed by atoms with Crippen LogP contribution in [0.25, 0.3) is 0 Å². The van der Waals surface area contributed by atoms with Gasteiger partial charge in [0.15, 0.2) is 5.82 Å². The Morgan fingerprint density at radius 2 is 2.00 bits per heavy atom. The Labute approximate surface area is 182 Å². The number of nitrogens with zero attached hydrogens (tertiary/aromatic N) is 3. The third-order valence-electron chi connectivity index (χ3n) is 6.58. The lowest BCUT2D eigenvalue weighted by Gasteiger charge is -2.43. The molecular formula is C22H33N5O4. The van der Waals surface area contributed by atoms with Gasteiger partial charge in [0.25, 0.3) is 5.91 Å². The molecule has 31 heavy (non-hydrogen) atoms. The normalized spacial score (nSPS) is 28.8. The van der Waals surface area contributed by atoms with Crippen LogP contribution in [0, 0.1) is 17.3 Å². The lowest BCUT2D eigenvalue weighted by Crippen LogP contribution is -2.54. The third kappa shape index (κ3) is 4.32. The molecule has 1 saturated heterocycles. The number of aromatic nitrogens is 2. The summed E-state index contributed by atoms with van der Waals surface area (Å²) >= 11 is 0. The second kappa shape index (κ2) is 7.60. The topological polar surface area (TPSA) is 117 Å². The smallest absolute Gasteiger partial charge is 0.325 e. The van der Waals surface area contributed by atoms with E-state index < -0.39 is 23.5 Å². The van der Waals surface area contributed by atoms with Gasteiger partial charge in [-0.25, -0.2) is 4.79 Å². The predicted molar refractivity (Wildman–Crippen MR) is 112 cm³/mol. The van der Waals surface area contributed by atoms with Gasteiger partial charge in [0, 0.05) is 5.92 Å². The van der Waals surface area contributed by atoms with Gasteiger partial charge >= 0.3 is 6.03 Å². The van der Waals surface area contributed by atoms with E-state index in [0.29, 0.717) is 36.4 Å². The van der Waals surface area contributed by atoms with E-state index in [2.05, 4.69) is 41.5 Å². The van der Waals surface area contributed by atoms with Crippen molar-refractivity contribution in [2.24, 2.45) is 17.3 Å². The van der Waals surface area contributed by atoms with Gasteiger partial charge in [-0.3, -0.25) is 14.5 Å². The fourth-order valence-corrected chi connectivity index (χ4v) is 5.41. The summed E-state index contributed by atoms with van der Waals surface area (Å²) in [6.45, 7) is 9.90. The van der Waals surface area contributed by atoms with E-state index >= 15 is 0 Å². The van der Waals surface area contributed by atoms with Crippen molar-refractivity contribution >= 4 is 17.8 Å². The van der Waals surface area contributed by atoms with Crippen LogP contribution < -0.4 is 10.6 Å². The van der Waals surface area contributed by atoms with Crippen molar-refractivity contribution in [3.05, 3.63) is 11.7 Å². The molecule has 2 N–H and O–H groups in total. The number of nitrogens with one attached hydrogen (secondary N) is 2. The average molecular weight is 432 g/mol. The number of rotatable bonds is 6. The first-order valence-corrected chi connectivity index (χ1v) is 11.3. The van der Waals surface area contributed by atoms with Crippen molar-refractivity contribution < 1.29 is 18.9 Å². The summed E-state index contributed by atoms with van der Waals surface area (Å²) in [7, 11) is 0. The molecule has 3 unspecified atom stereocenters. The van der Waals surface area contributed by atoms with E-state index in [1.807, 2.05) is 13.8 Å². The summed E-state index contributed by atoms with van der Waals surface area (Å²) in [5.41, 5.74) is -0.972. The summed E-state index contributed by atoms with van der Waals surface area (Å²) in [4.78, 5) is 44.2. The number of urea groups is 1. The molecule has 2 aliphatic carbocycles. The van der Waals surface area contributed by atoms with Crippen molar-refractivity contribution in [2.45, 2.75) is 84.2 Å². The van der Waals surface area contributed by atoms with Crippen LogP contribution in [0.1, 0.15) is 90.4 Å². The van der Waals surface area contributed by atoms with Crippen molar-refractivity contribution in [3.8, 4) is 0 Å². The summed E-state index contributed by atoms with van der Waals surface area (Å²) in [5.74, 6) is 0.985. The third-order valence-corrected chi connectivity index (χ3v) is 6.58. The Balaban J connectivity index is 1.44. The van der Waals surface area contributed by atoms with Gasteiger partial charge in [-0.15, -0.1) is 0 Å². The number of hydrogen-bond acceptors (Lipinski definition) is 6. The Hall–Kier alpha value is -2.45. The molecule has 2 heterocycles. The molecule has 1 aliphatic heterocycles. The van der Waals surface area contributed by atoms with Crippen LogP contribution in [0.2, 0.25) is 0 Å². The lowest BCUT2D eigenvalue weighted by atomic mass is 9.64. The van der Waals surface area contributed by atoms with Crippen molar-refractivity contribution in [2.75, 3.05) is 6.54 Å². The maximum Gasteiger partial charge on any atom is 0.325 e. The molecule has 3 fully saturated rings. The van der Waals surface area contributed by atoms with Gasteiger partial charge in [-0.1, -0.05) is 39.8 Å². The Bertz CT molecular complexity index is 890. The predicted octanol–water partition coefficient (Wildman–Crippen LogP) is 2.90. The van der Waals surface area contributed by atoms with Crippen LogP contribution in [0.3, 0.4) is 0 Å². The molecule has 1 aromatic heterocycles. The van der Waals surface area contributed by atoms with Gasteiger partial charge in [-0.2, -0.15) is 4.98 Å². The highest BCUT2D eigenvalue weighted by Crippen LogP contribution is 2.46. The second-order valence-corrected chi connectivity index (χ2v) is 10.8. The van der Waals surface area contributed by atoms with Crippen LogP contribution in [-0.2, 0) is 9.59 Å². The fourth-order valence-electron chi connectivity index (χ4n) is 5.41. The fraction of sp³-hybridized carbons (Fsp3) is 0.773. The van der Waals surface area contributed by atoms with Crippen molar-refractivity contribution in [1.82, 2.24) is 25.7 Å².